The zero-order valence-corrected chi connectivity index (χ0v) is 54.3. The Morgan fingerprint density at radius 2 is 0.545 bits per heavy atom. The molecule has 0 aliphatic carbocycles. The van der Waals surface area contributed by atoms with Gasteiger partial charge in [0.25, 0.3) is 0 Å². The number of nitrogens with one attached hydrogen (secondary N) is 4. The van der Waals surface area contributed by atoms with E-state index in [1.165, 1.54) is 0 Å². The average molecular weight is 1480 g/mol. The third-order valence-electron chi connectivity index (χ3n) is 18.3. The molecule has 0 aromatic heterocycles. The maximum atomic E-state index is 12.9. The van der Waals surface area contributed by atoms with Crippen LogP contribution < -0.4 is 21.3 Å². The van der Waals surface area contributed by atoms with Crippen LogP contribution in [0.3, 0.4) is 0 Å². The third kappa shape index (κ3) is 18.5. The van der Waals surface area contributed by atoms with Crippen LogP contribution in [0.1, 0.15) is 27.7 Å². The molecule has 8 aliphatic heterocycles. The number of carbonyl (C=O) groups is 4. The highest BCUT2D eigenvalue weighted by molar-refractivity contribution is 5.74. The average Bonchev–Trinajstić information content (AvgIpc) is 0.772. The lowest BCUT2D eigenvalue weighted by Crippen LogP contribution is -2.71. The van der Waals surface area contributed by atoms with Crippen LogP contribution in [0.5, 0.6) is 0 Å². The molecule has 584 valence electrons. The number of rotatable bonds is 26. The molecule has 40 atom stereocenters. The molecular weight excluding hydrogens is 1380 g/mol. The van der Waals surface area contributed by atoms with Gasteiger partial charge in [-0.25, -0.2) is 0 Å². The third-order valence-corrected chi connectivity index (χ3v) is 18.3. The van der Waals surface area contributed by atoms with E-state index < -0.39 is 322 Å². The first kappa shape index (κ1) is 83.0. The molecular formula is C56H94N4O41. The standard InChI is InChI=1S/C56H94N4O41/c1-13(68)57-25-35(78)43(21(9-65)88-49(25)86)96-51-27(59-15(3)70)36(79)45(23(11-67)93-51)98-54-42(85)46(33(76)24(95-54)12-87-55-47(39(82)31(74)19(7-63)91-55)100-50-26(58-14(2)69)34(77)29(72)17(5-61)89-50)99-56-48(40(83)32(75)20(8-64)92-56)101-52-28(60-16(4)71)37(80)44(22(10-66)94-52)97-53-41(84)38(81)30(73)18(6-62)90-53/h17-56,61-67,72-86H,5-12H2,1-4H3,(H,57,68)(H,58,69)(H,59,70)(H,60,71)/t17-,18-,19-,20-,21-,22-,23-,24-,25-,26-,27-,28-,29-,30+,31-,32-,33-,34-,35-,36-,37-,38+,39+,40+,41-,42+,43-,44-,45-,46+,47+,48+,49?,50+,51+,52+,53+,54+,55+,56-/m1/s1. The van der Waals surface area contributed by atoms with Gasteiger partial charge in [-0.05, 0) is 0 Å². The van der Waals surface area contributed by atoms with Gasteiger partial charge in [0.2, 0.25) is 23.6 Å². The Labute approximate surface area is 572 Å². The summed E-state index contributed by atoms with van der Waals surface area (Å²) in [6, 6.07) is -7.14. The number of carbonyl (C=O) groups excluding carboxylic acids is 4. The van der Waals surface area contributed by atoms with Crippen LogP contribution in [0.2, 0.25) is 0 Å². The first-order valence-electron chi connectivity index (χ1n) is 32.1. The summed E-state index contributed by atoms with van der Waals surface area (Å²) in [6.07, 6.45) is -73.5. The van der Waals surface area contributed by atoms with E-state index in [0.717, 1.165) is 27.7 Å². The summed E-state index contributed by atoms with van der Waals surface area (Å²) in [4.78, 5) is 50.2. The Balaban J connectivity index is 1.14. The molecule has 8 rings (SSSR count). The largest absolute Gasteiger partial charge is 0.394 e. The molecule has 1 unspecified atom stereocenters. The van der Waals surface area contributed by atoms with Crippen molar-refractivity contribution in [1.82, 2.24) is 21.3 Å². The van der Waals surface area contributed by atoms with Crippen molar-refractivity contribution in [3.8, 4) is 0 Å². The monoisotopic (exact) mass is 1480 g/mol. The van der Waals surface area contributed by atoms with Crippen LogP contribution in [-0.4, -0.2) is 434 Å². The fraction of sp³-hybridized carbons (Fsp3) is 0.929. The van der Waals surface area contributed by atoms with Gasteiger partial charge in [-0.2, -0.15) is 0 Å². The minimum Gasteiger partial charge on any atom is -0.394 e. The molecule has 26 N–H and O–H groups in total. The van der Waals surface area contributed by atoms with Gasteiger partial charge in [-0.1, -0.05) is 0 Å². The molecule has 0 bridgehead atoms. The van der Waals surface area contributed by atoms with Gasteiger partial charge >= 0.3 is 0 Å². The maximum Gasteiger partial charge on any atom is 0.217 e. The first-order chi connectivity index (χ1) is 47.8. The fourth-order valence-electron chi connectivity index (χ4n) is 13.0. The van der Waals surface area contributed by atoms with E-state index >= 15 is 0 Å². The Morgan fingerprint density at radius 3 is 0.970 bits per heavy atom. The van der Waals surface area contributed by atoms with Crippen molar-refractivity contribution in [2.45, 2.75) is 273 Å². The van der Waals surface area contributed by atoms with E-state index in [0.29, 0.717) is 0 Å². The highest BCUT2D eigenvalue weighted by Crippen LogP contribution is 2.39. The van der Waals surface area contributed by atoms with Crippen molar-refractivity contribution < 1.29 is 203 Å². The molecule has 0 radical (unpaired) electrons. The van der Waals surface area contributed by atoms with Crippen LogP contribution in [-0.2, 0) is 90.2 Å². The first-order valence-corrected chi connectivity index (χ1v) is 32.1. The number of amides is 4. The number of ether oxygens (including phenoxy) is 15. The smallest absolute Gasteiger partial charge is 0.217 e. The van der Waals surface area contributed by atoms with Crippen molar-refractivity contribution in [2.24, 2.45) is 0 Å². The predicted molar refractivity (Wildman–Crippen MR) is 311 cm³/mol. The zero-order valence-electron chi connectivity index (χ0n) is 54.3. The van der Waals surface area contributed by atoms with Gasteiger partial charge in [0, 0.05) is 27.7 Å². The molecule has 8 saturated heterocycles. The Kier molecular flexibility index (Phi) is 29.9. The molecule has 0 saturated carbocycles. The quantitative estimate of drug-likeness (QED) is 0.0382. The lowest BCUT2D eigenvalue weighted by atomic mass is 9.93. The van der Waals surface area contributed by atoms with Crippen molar-refractivity contribution in [2.75, 3.05) is 52.9 Å². The summed E-state index contributed by atoms with van der Waals surface area (Å²) >= 11 is 0. The second-order valence-corrected chi connectivity index (χ2v) is 25.4. The molecule has 0 aromatic carbocycles. The van der Waals surface area contributed by atoms with Gasteiger partial charge < -0.3 is 205 Å². The highest BCUT2D eigenvalue weighted by atomic mass is 16.8. The molecule has 0 spiro atoms. The lowest BCUT2D eigenvalue weighted by Gasteiger charge is -2.51. The molecule has 8 aliphatic rings. The topological polar surface area (TPSA) is 700 Å². The highest BCUT2D eigenvalue weighted by Gasteiger charge is 2.60. The van der Waals surface area contributed by atoms with Crippen molar-refractivity contribution in [1.29, 1.82) is 0 Å². The molecule has 0 aromatic rings. The van der Waals surface area contributed by atoms with Crippen molar-refractivity contribution in [3.63, 3.8) is 0 Å². The second-order valence-electron chi connectivity index (χ2n) is 25.4. The summed E-state index contributed by atoms with van der Waals surface area (Å²) in [5.74, 6) is -3.45. The van der Waals surface area contributed by atoms with Gasteiger partial charge in [0.15, 0.2) is 50.3 Å². The summed E-state index contributed by atoms with van der Waals surface area (Å²) < 4.78 is 88.6. The SMILES string of the molecule is CC(=O)N[C@H]1[C@H](O[C@H]2[C@H](O)[C@@H](NC(C)=O)C(O)O[C@@H]2CO)O[C@H](CO)[C@@H](O[C@@H]2O[C@H](CO[C@H]3O[C@H](CO)[C@@H](O)[C@H](O)[C@@H]3O[C@@H]3O[C@H](CO)[C@@H](O)[C@H](O)[C@H]3NC(C)=O)[C@@H](O)[C@H](O[C@H]3O[C@H](CO)[C@@H](O)[C@H](O)[C@@H]3O[C@@H]3O[C@H](CO)[C@@H](O[C@@H]4O[C@H](CO)[C@H](O)[C@H](O)[C@H]4O)[C@H](O)[C@H]3NC(C)=O)[C@@H]2O)[C@@H]1O. The zero-order chi connectivity index (χ0) is 74.5. The Hall–Kier alpha value is -3.60. The summed E-state index contributed by atoms with van der Waals surface area (Å²) in [7, 11) is 0. The van der Waals surface area contributed by atoms with Gasteiger partial charge in [-0.15, -0.1) is 0 Å². The van der Waals surface area contributed by atoms with Crippen LogP contribution >= 0.6 is 0 Å². The summed E-state index contributed by atoms with van der Waals surface area (Å²) in [6.45, 7) is -4.55. The van der Waals surface area contributed by atoms with Crippen LogP contribution in [0.15, 0.2) is 0 Å². The van der Waals surface area contributed by atoms with Crippen LogP contribution in [0.4, 0.5) is 0 Å². The predicted octanol–water partition coefficient (Wildman–Crippen LogP) is -17.9. The van der Waals surface area contributed by atoms with Crippen LogP contribution in [0.25, 0.3) is 0 Å². The van der Waals surface area contributed by atoms with E-state index in [4.69, 9.17) is 71.1 Å². The van der Waals surface area contributed by atoms with E-state index in [9.17, 15) is 132 Å². The van der Waals surface area contributed by atoms with E-state index in [1.807, 2.05) is 0 Å². The molecule has 8 fully saturated rings. The number of aliphatic hydroxyl groups is 22. The van der Waals surface area contributed by atoms with E-state index in [1.54, 1.807) is 0 Å². The number of hydrogen-bond acceptors (Lipinski definition) is 41. The minimum absolute atomic E-state index is 0.770. The molecule has 4 amide bonds. The molecule has 8 heterocycles. The van der Waals surface area contributed by atoms with E-state index in [2.05, 4.69) is 21.3 Å². The number of aliphatic hydroxyl groups excluding tert-OH is 22. The lowest BCUT2D eigenvalue weighted by molar-refractivity contribution is -0.398. The second kappa shape index (κ2) is 36.3. The minimum atomic E-state index is -2.52. The van der Waals surface area contributed by atoms with Crippen molar-refractivity contribution in [3.05, 3.63) is 0 Å². The van der Waals surface area contributed by atoms with Crippen molar-refractivity contribution >= 4 is 23.6 Å². The molecule has 45 nitrogen and oxygen atoms in total. The van der Waals surface area contributed by atoms with Gasteiger partial charge in [0.05, 0.1) is 52.9 Å². The van der Waals surface area contributed by atoms with Crippen LogP contribution in [0, 0.1) is 0 Å². The van der Waals surface area contributed by atoms with Gasteiger partial charge in [-0.3, -0.25) is 19.2 Å². The van der Waals surface area contributed by atoms with E-state index in [-0.39, 0.29) is 0 Å². The molecule has 45 heteroatoms. The maximum absolute atomic E-state index is 12.9. The summed E-state index contributed by atoms with van der Waals surface area (Å²) in [5.41, 5.74) is 0. The normalized spacial score (nSPS) is 48.3. The Morgan fingerprint density at radius 1 is 0.257 bits per heavy atom. The van der Waals surface area contributed by atoms with Gasteiger partial charge in [0.1, 0.15) is 195 Å². The fourth-order valence-corrected chi connectivity index (χ4v) is 13.0. The Bertz CT molecular complexity index is 2640. The summed E-state index contributed by atoms with van der Waals surface area (Å²) in [5, 5.41) is 252. The molecule has 101 heavy (non-hydrogen) atoms. The number of hydrogen-bond donors (Lipinski definition) is 26.